The Morgan fingerprint density at radius 1 is 0.467 bits per heavy atom. The van der Waals surface area contributed by atoms with Gasteiger partial charge >= 0.3 is 0 Å². The lowest BCUT2D eigenvalue weighted by Crippen LogP contribution is -2.18. The molecule has 4 rings (SSSR count). The van der Waals surface area contributed by atoms with E-state index in [0.717, 1.165) is 81.9 Å². The van der Waals surface area contributed by atoms with Crippen molar-refractivity contribution < 1.29 is 29.3 Å². The third-order valence-corrected chi connectivity index (χ3v) is 10.7. The second kappa shape index (κ2) is 20.1. The number of ether oxygens (including phenoxy) is 2. The van der Waals surface area contributed by atoms with Gasteiger partial charge in [0, 0.05) is 24.2 Å². The van der Waals surface area contributed by atoms with Gasteiger partial charge in [-0.3, -0.25) is 9.59 Å². The van der Waals surface area contributed by atoms with Crippen LogP contribution in [0, 0.1) is 0 Å². The molecule has 0 spiro atoms. The maximum atomic E-state index is 12.8. The minimum Gasteiger partial charge on any atom is -0.507 e. The molecule has 0 radical (unpaired) electrons. The van der Waals surface area contributed by atoms with Gasteiger partial charge in [0.05, 0.1) is 13.2 Å². The van der Waals surface area contributed by atoms with E-state index in [2.05, 4.69) is 93.7 Å². The summed E-state index contributed by atoms with van der Waals surface area (Å²) < 4.78 is 11.9. The van der Waals surface area contributed by atoms with Gasteiger partial charge in [-0.2, -0.15) is 0 Å². The number of hydrogen-bond acceptors (Lipinski definition) is 6. The molecular weight excluding hydrogens is 749 g/mol. The van der Waals surface area contributed by atoms with Gasteiger partial charge in [-0.1, -0.05) is 107 Å². The molecule has 0 saturated carbocycles. The largest absolute Gasteiger partial charge is 0.507 e. The van der Waals surface area contributed by atoms with Gasteiger partial charge in [-0.15, -0.1) is 0 Å². The van der Waals surface area contributed by atoms with Gasteiger partial charge in [0.25, 0.3) is 0 Å². The molecule has 0 aliphatic heterocycles. The molecule has 4 aromatic rings. The Balaban J connectivity index is 1.10. The third kappa shape index (κ3) is 14.3. The highest BCUT2D eigenvalue weighted by Gasteiger charge is 2.28. The van der Waals surface area contributed by atoms with Crippen LogP contribution >= 0.6 is 0 Å². The monoisotopic (exact) mass is 821 g/mol. The second-order valence-electron chi connectivity index (χ2n) is 20.3. The van der Waals surface area contributed by atoms with Crippen LogP contribution in [0.4, 0.5) is 11.4 Å². The van der Waals surface area contributed by atoms with Crippen molar-refractivity contribution in [3.63, 3.8) is 0 Å². The maximum absolute atomic E-state index is 12.8. The minimum absolute atomic E-state index is 0.0559. The molecule has 4 aromatic carbocycles. The topological polar surface area (TPSA) is 117 Å². The predicted molar refractivity (Wildman–Crippen MR) is 247 cm³/mol. The zero-order valence-corrected chi connectivity index (χ0v) is 38.5. The molecule has 0 aliphatic rings. The van der Waals surface area contributed by atoms with Gasteiger partial charge in [0.2, 0.25) is 11.8 Å². The molecule has 8 heteroatoms. The summed E-state index contributed by atoms with van der Waals surface area (Å²) >= 11 is 0. The maximum Gasteiger partial charge on any atom is 0.224 e. The molecule has 0 aromatic heterocycles. The van der Waals surface area contributed by atoms with Gasteiger partial charge < -0.3 is 30.3 Å². The fourth-order valence-electron chi connectivity index (χ4n) is 7.13. The summed E-state index contributed by atoms with van der Waals surface area (Å²) in [5.41, 5.74) is 6.33. The first-order valence-electron chi connectivity index (χ1n) is 21.7. The summed E-state index contributed by atoms with van der Waals surface area (Å²) in [6.07, 6.45) is 5.77. The van der Waals surface area contributed by atoms with E-state index in [4.69, 9.17) is 9.47 Å². The zero-order chi connectivity index (χ0) is 44.5. The van der Waals surface area contributed by atoms with Crippen LogP contribution in [0.25, 0.3) is 0 Å². The Kier molecular flexibility index (Phi) is 15.9. The van der Waals surface area contributed by atoms with Crippen LogP contribution < -0.4 is 20.1 Å². The molecule has 0 unspecified atom stereocenters. The van der Waals surface area contributed by atoms with Crippen molar-refractivity contribution in [3.8, 4) is 23.0 Å². The normalized spacial score (nSPS) is 12.3. The van der Waals surface area contributed by atoms with Crippen molar-refractivity contribution in [1.29, 1.82) is 0 Å². The van der Waals surface area contributed by atoms with Crippen molar-refractivity contribution in [2.45, 2.75) is 156 Å². The highest BCUT2D eigenvalue weighted by Crippen LogP contribution is 2.41. The Labute approximate surface area is 360 Å². The molecule has 8 nitrogen and oxygen atoms in total. The number of aryl methyl sites for hydroxylation is 2. The van der Waals surface area contributed by atoms with E-state index >= 15 is 0 Å². The molecule has 60 heavy (non-hydrogen) atoms. The van der Waals surface area contributed by atoms with Crippen LogP contribution in [0.5, 0.6) is 23.0 Å². The van der Waals surface area contributed by atoms with E-state index in [1.807, 2.05) is 72.8 Å². The Morgan fingerprint density at radius 3 is 1.02 bits per heavy atom. The fourth-order valence-corrected chi connectivity index (χ4v) is 7.13. The van der Waals surface area contributed by atoms with Gasteiger partial charge in [-0.05, 0) is 142 Å². The van der Waals surface area contributed by atoms with Crippen LogP contribution in [0.3, 0.4) is 0 Å². The SMILES string of the molecule is CC(C)(C)c1cc(CCC(=O)Nc2ccc(OCCCCCCOc3ccc(NC(=O)CCc4cc(C(C)(C)C)c(O)c(C(C)(C)C)c4)cc3)cc2)cc(C(C)(C)C)c1O. The van der Waals surface area contributed by atoms with Gasteiger partial charge in [-0.25, -0.2) is 0 Å². The summed E-state index contributed by atoms with van der Waals surface area (Å²) in [4.78, 5) is 25.7. The zero-order valence-electron chi connectivity index (χ0n) is 38.5. The lowest BCUT2D eigenvalue weighted by Gasteiger charge is -2.28. The quantitative estimate of drug-likeness (QED) is 0.0788. The predicted octanol–water partition coefficient (Wildman–Crippen LogP) is 12.4. The van der Waals surface area contributed by atoms with E-state index in [-0.39, 0.29) is 33.5 Å². The molecule has 0 aliphatic carbocycles. The van der Waals surface area contributed by atoms with E-state index in [1.54, 1.807) is 0 Å². The lowest BCUT2D eigenvalue weighted by atomic mass is 9.78. The first-order chi connectivity index (χ1) is 27.9. The molecule has 0 fully saturated rings. The van der Waals surface area contributed by atoms with E-state index in [0.29, 0.717) is 50.4 Å². The molecule has 0 heterocycles. The first-order valence-corrected chi connectivity index (χ1v) is 21.7. The summed E-state index contributed by atoms with van der Waals surface area (Å²) in [6.45, 7) is 26.4. The van der Waals surface area contributed by atoms with Gasteiger partial charge in [0.1, 0.15) is 23.0 Å². The number of phenols is 2. The van der Waals surface area contributed by atoms with Crippen molar-refractivity contribution in [2.24, 2.45) is 0 Å². The Bertz CT molecular complexity index is 1820. The number of unbranched alkanes of at least 4 members (excludes halogenated alkanes) is 3. The number of nitrogens with one attached hydrogen (secondary N) is 2. The Hall–Kier alpha value is -4.98. The summed E-state index contributed by atoms with van der Waals surface area (Å²) in [7, 11) is 0. The molecule has 0 bridgehead atoms. The molecule has 0 saturated heterocycles. The summed E-state index contributed by atoms with van der Waals surface area (Å²) in [6, 6.07) is 23.1. The molecule has 0 atom stereocenters. The first kappa shape index (κ1) is 47.7. The standard InChI is InChI=1S/C52H72N2O6/c1-49(2,3)41-31-35(32-42(47(41)57)50(4,5)6)17-27-45(55)53-37-19-23-39(24-20-37)59-29-15-13-14-16-30-60-40-25-21-38(22-26-40)54-46(56)28-18-36-33-43(51(7,8)9)48(58)44(34-36)52(10,11)12/h19-26,31-34,57-58H,13-18,27-30H2,1-12H3,(H,53,55)(H,54,56). The van der Waals surface area contributed by atoms with Crippen molar-refractivity contribution in [1.82, 2.24) is 0 Å². The molecular formula is C52H72N2O6. The van der Waals surface area contributed by atoms with E-state index in [1.165, 1.54) is 0 Å². The van der Waals surface area contributed by atoms with Crippen molar-refractivity contribution in [2.75, 3.05) is 23.8 Å². The second-order valence-corrected chi connectivity index (χ2v) is 20.3. The number of hydrogen-bond donors (Lipinski definition) is 4. The highest BCUT2D eigenvalue weighted by atomic mass is 16.5. The average molecular weight is 821 g/mol. The van der Waals surface area contributed by atoms with Crippen LogP contribution in [0.2, 0.25) is 0 Å². The molecule has 4 N–H and O–H groups in total. The number of phenolic OH excluding ortho intramolecular Hbond substituents is 2. The van der Waals surface area contributed by atoms with Crippen LogP contribution in [-0.2, 0) is 44.1 Å². The highest BCUT2D eigenvalue weighted by molar-refractivity contribution is 5.91. The fraction of sp³-hybridized carbons (Fsp3) is 0.500. The number of aromatic hydroxyl groups is 2. The van der Waals surface area contributed by atoms with Crippen molar-refractivity contribution in [3.05, 3.63) is 106 Å². The number of anilines is 2. The van der Waals surface area contributed by atoms with Crippen LogP contribution in [0.1, 0.15) is 155 Å². The van der Waals surface area contributed by atoms with Crippen LogP contribution in [0.15, 0.2) is 72.8 Å². The Morgan fingerprint density at radius 2 is 0.750 bits per heavy atom. The van der Waals surface area contributed by atoms with Gasteiger partial charge in [0.15, 0.2) is 0 Å². The number of rotatable bonds is 17. The number of amides is 2. The molecule has 326 valence electrons. The summed E-state index contributed by atoms with van der Waals surface area (Å²) in [5, 5.41) is 28.0. The van der Waals surface area contributed by atoms with E-state index < -0.39 is 0 Å². The smallest absolute Gasteiger partial charge is 0.224 e. The van der Waals surface area contributed by atoms with Crippen molar-refractivity contribution >= 4 is 23.2 Å². The number of benzene rings is 4. The van der Waals surface area contributed by atoms with Crippen LogP contribution in [-0.4, -0.2) is 35.2 Å². The molecule has 2 amide bonds. The van der Waals surface area contributed by atoms with E-state index in [9.17, 15) is 19.8 Å². The minimum atomic E-state index is -0.213. The number of carbonyl (C=O) groups excluding carboxylic acids is 2. The average Bonchev–Trinajstić information content (AvgIpc) is 3.14. The number of carbonyl (C=O) groups is 2. The third-order valence-electron chi connectivity index (χ3n) is 10.7. The lowest BCUT2D eigenvalue weighted by molar-refractivity contribution is -0.117. The summed E-state index contributed by atoms with van der Waals surface area (Å²) in [5.74, 6) is 2.13.